The third-order valence-corrected chi connectivity index (χ3v) is 2.21. The van der Waals surface area contributed by atoms with Crippen molar-refractivity contribution in [3.8, 4) is 0 Å². The molecule has 1 N–H and O–H groups in total. The van der Waals surface area contributed by atoms with Crippen LogP contribution in [0.1, 0.15) is 17.3 Å². The van der Waals surface area contributed by atoms with Crippen molar-refractivity contribution in [1.29, 1.82) is 0 Å². The van der Waals surface area contributed by atoms with Crippen molar-refractivity contribution in [3.05, 3.63) is 45.7 Å². The Bertz CT molecular complexity index is 476. The van der Waals surface area contributed by atoms with E-state index in [9.17, 15) is 14.9 Å². The smallest absolute Gasteiger partial charge is 0.300 e. The number of amides is 1. The van der Waals surface area contributed by atoms with Gasteiger partial charge in [0.05, 0.1) is 4.92 Å². The summed E-state index contributed by atoms with van der Waals surface area (Å²) in [5.74, 6) is -0.589. The average molecular weight is 256 g/mol. The van der Waals surface area contributed by atoms with Gasteiger partial charge in [-0.05, 0) is 13.0 Å². The minimum Gasteiger partial charge on any atom is -0.346 e. The number of halogens is 1. The Balaban J connectivity index is 3.10. The third-order valence-electron chi connectivity index (χ3n) is 2.00. The van der Waals surface area contributed by atoms with E-state index in [1.165, 1.54) is 6.08 Å². The van der Waals surface area contributed by atoms with Crippen molar-refractivity contribution >= 4 is 23.2 Å². The minimum absolute atomic E-state index is 0.0204. The third kappa shape index (κ3) is 3.25. The Morgan fingerprint density at radius 1 is 1.76 bits per heavy atom. The van der Waals surface area contributed by atoms with Gasteiger partial charge in [0.25, 0.3) is 11.6 Å². The summed E-state index contributed by atoms with van der Waals surface area (Å²) in [4.78, 5) is 25.3. The van der Waals surface area contributed by atoms with Crippen LogP contribution < -0.4 is 5.32 Å². The highest BCUT2D eigenvalue weighted by Gasteiger charge is 2.21. The largest absolute Gasteiger partial charge is 0.346 e. The van der Waals surface area contributed by atoms with Gasteiger partial charge in [0.1, 0.15) is 16.9 Å². The molecule has 1 rings (SSSR count). The van der Waals surface area contributed by atoms with Gasteiger partial charge in [0, 0.05) is 6.04 Å². The lowest BCUT2D eigenvalue weighted by Gasteiger charge is -2.09. The quantitative estimate of drug-likeness (QED) is 0.386. The molecule has 0 saturated heterocycles. The fourth-order valence-corrected chi connectivity index (χ4v) is 1.25. The summed E-state index contributed by atoms with van der Waals surface area (Å²) in [6.45, 7) is 5.19. The van der Waals surface area contributed by atoms with Crippen LogP contribution in [0.15, 0.2) is 24.9 Å². The number of aromatic nitrogens is 1. The highest BCUT2D eigenvalue weighted by atomic mass is 35.5. The number of nitrogens with one attached hydrogen (secondary N) is 1. The molecule has 1 aromatic heterocycles. The van der Waals surface area contributed by atoms with E-state index in [1.807, 2.05) is 0 Å². The van der Waals surface area contributed by atoms with Crippen LogP contribution in [0.5, 0.6) is 0 Å². The van der Waals surface area contributed by atoms with Gasteiger partial charge in [-0.1, -0.05) is 17.7 Å². The topological polar surface area (TPSA) is 85.1 Å². The lowest BCUT2D eigenvalue weighted by molar-refractivity contribution is -0.385. The van der Waals surface area contributed by atoms with Crippen molar-refractivity contribution in [3.63, 3.8) is 0 Å². The molecule has 0 saturated carbocycles. The van der Waals surface area contributed by atoms with Crippen molar-refractivity contribution in [1.82, 2.24) is 10.3 Å². The molecular weight excluding hydrogens is 246 g/mol. The molecule has 0 radical (unpaired) electrons. The maximum absolute atomic E-state index is 11.7. The molecule has 7 heteroatoms. The monoisotopic (exact) mass is 255 g/mol. The van der Waals surface area contributed by atoms with Crippen LogP contribution in [-0.2, 0) is 0 Å². The highest BCUT2D eigenvalue weighted by molar-refractivity contribution is 6.29. The van der Waals surface area contributed by atoms with Gasteiger partial charge < -0.3 is 5.32 Å². The Hall–Kier alpha value is -1.95. The van der Waals surface area contributed by atoms with E-state index in [4.69, 9.17) is 11.6 Å². The first-order valence-electron chi connectivity index (χ1n) is 4.69. The number of hydrogen-bond acceptors (Lipinski definition) is 4. The van der Waals surface area contributed by atoms with Gasteiger partial charge in [0.2, 0.25) is 0 Å². The first-order chi connectivity index (χ1) is 7.95. The standard InChI is InChI=1S/C10H10ClN3O3/c1-3-6(2)13-10(15)7-4-9(11)12-5-8(7)14(16)17/h3-6H,1H2,2H3,(H,13,15). The second kappa shape index (κ2) is 5.40. The molecule has 90 valence electrons. The number of nitro groups is 1. The first-order valence-corrected chi connectivity index (χ1v) is 5.07. The summed E-state index contributed by atoms with van der Waals surface area (Å²) >= 11 is 5.60. The van der Waals surface area contributed by atoms with Crippen LogP contribution in [0.2, 0.25) is 5.15 Å². The highest BCUT2D eigenvalue weighted by Crippen LogP contribution is 2.20. The van der Waals surface area contributed by atoms with Crippen LogP contribution in [0.25, 0.3) is 0 Å². The number of carbonyl (C=O) groups excluding carboxylic acids is 1. The van der Waals surface area contributed by atoms with E-state index in [0.29, 0.717) is 0 Å². The van der Waals surface area contributed by atoms with E-state index >= 15 is 0 Å². The summed E-state index contributed by atoms with van der Waals surface area (Å²) in [6, 6.07) is 0.860. The molecule has 1 heterocycles. The minimum atomic E-state index is -0.684. The number of carbonyl (C=O) groups is 1. The van der Waals surface area contributed by atoms with Crippen molar-refractivity contribution in [2.75, 3.05) is 0 Å². The SMILES string of the molecule is C=CC(C)NC(=O)c1cc(Cl)ncc1[N+](=O)[O-]. The summed E-state index contributed by atoms with van der Waals surface area (Å²) in [5, 5.41) is 13.3. The van der Waals surface area contributed by atoms with Crippen LogP contribution >= 0.6 is 11.6 Å². The van der Waals surface area contributed by atoms with Crippen LogP contribution in [0.3, 0.4) is 0 Å². The molecule has 0 aliphatic heterocycles. The number of hydrogen-bond donors (Lipinski definition) is 1. The molecule has 0 aliphatic carbocycles. The fourth-order valence-electron chi connectivity index (χ4n) is 1.09. The predicted octanol–water partition coefficient (Wildman–Crippen LogP) is 1.95. The van der Waals surface area contributed by atoms with E-state index in [0.717, 1.165) is 12.3 Å². The van der Waals surface area contributed by atoms with Crippen LogP contribution in [-0.4, -0.2) is 21.9 Å². The maximum Gasteiger partial charge on any atom is 0.300 e. The molecular formula is C10H10ClN3O3. The van der Waals surface area contributed by atoms with E-state index < -0.39 is 10.8 Å². The van der Waals surface area contributed by atoms with Crippen molar-refractivity contribution < 1.29 is 9.72 Å². The second-order valence-electron chi connectivity index (χ2n) is 3.28. The normalized spacial score (nSPS) is 11.6. The summed E-state index contributed by atoms with van der Waals surface area (Å²) in [7, 11) is 0. The average Bonchev–Trinajstić information content (AvgIpc) is 2.28. The number of pyridine rings is 1. The fraction of sp³-hybridized carbons (Fsp3) is 0.200. The summed E-state index contributed by atoms with van der Waals surface area (Å²) < 4.78 is 0. The van der Waals surface area contributed by atoms with Gasteiger partial charge in [-0.3, -0.25) is 14.9 Å². The Morgan fingerprint density at radius 3 is 2.94 bits per heavy atom. The number of rotatable bonds is 4. The van der Waals surface area contributed by atoms with E-state index in [2.05, 4.69) is 16.9 Å². The summed E-state index contributed by atoms with van der Waals surface area (Å²) in [5.41, 5.74) is -0.508. The molecule has 1 amide bonds. The molecule has 6 nitrogen and oxygen atoms in total. The molecule has 17 heavy (non-hydrogen) atoms. The lowest BCUT2D eigenvalue weighted by Crippen LogP contribution is -2.31. The van der Waals surface area contributed by atoms with Crippen LogP contribution in [0, 0.1) is 10.1 Å². The zero-order chi connectivity index (χ0) is 13.0. The number of nitrogens with zero attached hydrogens (tertiary/aromatic N) is 2. The van der Waals surface area contributed by atoms with Gasteiger partial charge in [-0.15, -0.1) is 6.58 Å². The molecule has 0 bridgehead atoms. The molecule has 0 fully saturated rings. The molecule has 1 atom stereocenters. The van der Waals surface area contributed by atoms with Gasteiger partial charge in [-0.2, -0.15) is 0 Å². The molecule has 0 aliphatic rings. The van der Waals surface area contributed by atoms with Gasteiger partial charge in [-0.25, -0.2) is 4.98 Å². The molecule has 1 unspecified atom stereocenters. The Morgan fingerprint density at radius 2 is 2.41 bits per heavy atom. The second-order valence-corrected chi connectivity index (χ2v) is 3.67. The predicted molar refractivity (Wildman–Crippen MR) is 63.0 cm³/mol. The Kier molecular flexibility index (Phi) is 4.17. The van der Waals surface area contributed by atoms with E-state index in [-0.39, 0.29) is 22.4 Å². The Labute approximate surface area is 102 Å². The lowest BCUT2D eigenvalue weighted by atomic mass is 10.2. The first kappa shape index (κ1) is 13.1. The molecule has 0 aromatic carbocycles. The van der Waals surface area contributed by atoms with Gasteiger partial charge in [0.15, 0.2) is 0 Å². The van der Waals surface area contributed by atoms with Crippen molar-refractivity contribution in [2.24, 2.45) is 0 Å². The zero-order valence-corrected chi connectivity index (χ0v) is 9.77. The molecule has 1 aromatic rings. The van der Waals surface area contributed by atoms with Crippen LogP contribution in [0.4, 0.5) is 5.69 Å². The van der Waals surface area contributed by atoms with E-state index in [1.54, 1.807) is 6.92 Å². The van der Waals surface area contributed by atoms with Crippen molar-refractivity contribution in [2.45, 2.75) is 13.0 Å². The summed E-state index contributed by atoms with van der Waals surface area (Å²) in [6.07, 6.45) is 2.46. The maximum atomic E-state index is 11.7. The molecule has 0 spiro atoms. The van der Waals surface area contributed by atoms with Gasteiger partial charge >= 0.3 is 0 Å². The zero-order valence-electron chi connectivity index (χ0n) is 9.01.